The molecule has 12 nitrogen and oxygen atoms in total. The lowest BCUT2D eigenvalue weighted by Gasteiger charge is -2.14. The van der Waals surface area contributed by atoms with Crippen molar-refractivity contribution >= 4 is 26.9 Å². The first-order chi connectivity index (χ1) is 15.9. The van der Waals surface area contributed by atoms with Gasteiger partial charge in [-0.15, -0.1) is 4.80 Å². The first-order valence-corrected chi connectivity index (χ1v) is 10.8. The number of benzene rings is 1. The first kappa shape index (κ1) is 22.2. The molecule has 4 aromatic rings. The third kappa shape index (κ3) is 4.09. The van der Waals surface area contributed by atoms with E-state index in [2.05, 4.69) is 29.9 Å². The van der Waals surface area contributed by atoms with Crippen LogP contribution in [0.15, 0.2) is 35.6 Å². The van der Waals surface area contributed by atoms with Crippen molar-refractivity contribution in [2.45, 2.75) is 4.90 Å². The van der Waals surface area contributed by atoms with Crippen molar-refractivity contribution < 1.29 is 31.4 Å². The number of ether oxygens (including phenoxy) is 3. The highest BCUT2D eigenvalue weighted by atomic mass is 32.2. The fourth-order valence-electron chi connectivity index (χ4n) is 3.05. The minimum atomic E-state index is -4.27. The van der Waals surface area contributed by atoms with E-state index in [1.54, 1.807) is 0 Å². The molecule has 0 aliphatic rings. The average molecular weight is 481 g/mol. The van der Waals surface area contributed by atoms with Crippen molar-refractivity contribution in [3.8, 4) is 23.2 Å². The smallest absolute Gasteiger partial charge is 0.266 e. The molecule has 1 aromatic carbocycles. The molecule has 0 spiro atoms. The Morgan fingerprint density at radius 2 is 1.79 bits per heavy atom. The summed E-state index contributed by atoms with van der Waals surface area (Å²) in [6, 6.07) is 2.41. The van der Waals surface area contributed by atoms with Crippen LogP contribution in [0.25, 0.3) is 16.6 Å². The third-order valence-corrected chi connectivity index (χ3v) is 5.76. The Morgan fingerprint density at radius 3 is 2.39 bits per heavy atom. The Balaban J connectivity index is 1.75. The summed E-state index contributed by atoms with van der Waals surface area (Å²) in [5.74, 6) is -1.46. The number of nitrogens with zero attached hydrogens (tertiary/aromatic N) is 5. The number of H-pyrrole nitrogens is 1. The van der Waals surface area contributed by atoms with Crippen LogP contribution < -0.4 is 18.9 Å². The van der Waals surface area contributed by atoms with Crippen LogP contribution in [0.3, 0.4) is 0 Å². The molecule has 2 N–H and O–H groups in total. The van der Waals surface area contributed by atoms with E-state index in [0.717, 1.165) is 10.9 Å². The summed E-state index contributed by atoms with van der Waals surface area (Å²) >= 11 is 0. The van der Waals surface area contributed by atoms with Gasteiger partial charge in [-0.1, -0.05) is 0 Å². The number of anilines is 1. The molecule has 0 saturated heterocycles. The number of nitrogens with one attached hydrogen (secondary N) is 2. The molecule has 4 rings (SSSR count). The highest BCUT2D eigenvalue weighted by Crippen LogP contribution is 2.36. The van der Waals surface area contributed by atoms with E-state index in [4.69, 9.17) is 14.2 Å². The summed E-state index contributed by atoms with van der Waals surface area (Å²) in [7, 11) is -1.73. The lowest BCUT2D eigenvalue weighted by atomic mass is 10.2. The number of aromatic nitrogens is 6. The van der Waals surface area contributed by atoms with E-state index in [1.807, 2.05) is 0 Å². The summed E-state index contributed by atoms with van der Waals surface area (Å²) in [4.78, 5) is 11.5. The van der Waals surface area contributed by atoms with Gasteiger partial charge in [-0.25, -0.2) is 21.9 Å². The molecule has 0 fully saturated rings. The van der Waals surface area contributed by atoms with Gasteiger partial charge in [0.15, 0.2) is 5.82 Å². The molecular weight excluding hydrogens is 464 g/mol. The van der Waals surface area contributed by atoms with E-state index in [-0.39, 0.29) is 51.6 Å². The van der Waals surface area contributed by atoms with Gasteiger partial charge in [0.2, 0.25) is 11.7 Å². The van der Waals surface area contributed by atoms with Crippen LogP contribution in [0.4, 0.5) is 14.7 Å². The number of rotatable bonds is 9. The lowest BCUT2D eigenvalue weighted by molar-refractivity contribution is 0.240. The molecular formula is C18H17F2N7O5S. The van der Waals surface area contributed by atoms with E-state index in [0.29, 0.717) is 0 Å². The minimum absolute atomic E-state index is 0.0482. The van der Waals surface area contributed by atoms with Gasteiger partial charge in [-0.05, 0) is 12.1 Å². The zero-order valence-corrected chi connectivity index (χ0v) is 18.1. The predicted octanol–water partition coefficient (Wildman–Crippen LogP) is 1.84. The van der Waals surface area contributed by atoms with Gasteiger partial charge in [0.25, 0.3) is 21.8 Å². The molecule has 0 unspecified atom stereocenters. The van der Waals surface area contributed by atoms with Gasteiger partial charge in [0.1, 0.15) is 23.9 Å². The topological polar surface area (TPSA) is 146 Å². The molecule has 3 aromatic heterocycles. The second-order valence-corrected chi connectivity index (χ2v) is 7.98. The highest BCUT2D eigenvalue weighted by molar-refractivity contribution is 7.93. The molecule has 0 aliphatic carbocycles. The highest BCUT2D eigenvalue weighted by Gasteiger charge is 2.26. The maximum Gasteiger partial charge on any atom is 0.266 e. The van der Waals surface area contributed by atoms with Crippen LogP contribution in [0.5, 0.6) is 17.5 Å². The molecule has 15 heteroatoms. The maximum absolute atomic E-state index is 14.5. The van der Waals surface area contributed by atoms with Crippen molar-refractivity contribution in [2.24, 2.45) is 0 Å². The second-order valence-electron chi connectivity index (χ2n) is 6.33. The Bertz CT molecular complexity index is 1370. The quantitative estimate of drug-likeness (QED) is 0.366. The molecule has 0 aliphatic heterocycles. The van der Waals surface area contributed by atoms with Crippen molar-refractivity contribution in [3.05, 3.63) is 36.5 Å². The van der Waals surface area contributed by atoms with Crippen LogP contribution in [0, 0.1) is 5.82 Å². The summed E-state index contributed by atoms with van der Waals surface area (Å²) in [5.41, 5.74) is 0.116. The Labute approximate surface area is 185 Å². The fraction of sp³-hybridized carbons (Fsp3) is 0.222. The SMILES string of the molecule is COc1nc(NS(=O)(=O)c2c[nH]c3c(-n4nccn4)c(F)ccc23)nc(OC)c1OCCF. The number of fused-ring (bicyclic) bond motifs is 1. The number of hydrogen-bond donors (Lipinski definition) is 2. The number of halogens is 2. The number of hydrogen-bond acceptors (Lipinski definition) is 9. The number of sulfonamides is 1. The van der Waals surface area contributed by atoms with Crippen LogP contribution in [0.2, 0.25) is 0 Å². The van der Waals surface area contributed by atoms with E-state index in [1.165, 1.54) is 38.9 Å². The van der Waals surface area contributed by atoms with Crippen molar-refractivity contribution in [2.75, 3.05) is 32.2 Å². The number of methoxy groups -OCH3 is 2. The Morgan fingerprint density at radius 1 is 1.12 bits per heavy atom. The fourth-order valence-corrected chi connectivity index (χ4v) is 4.17. The summed E-state index contributed by atoms with van der Waals surface area (Å²) < 4.78 is 70.8. The van der Waals surface area contributed by atoms with Gasteiger partial charge in [-0.2, -0.15) is 20.2 Å². The lowest BCUT2D eigenvalue weighted by Crippen LogP contribution is -2.16. The van der Waals surface area contributed by atoms with Crippen molar-refractivity contribution in [1.82, 2.24) is 29.9 Å². The maximum atomic E-state index is 14.5. The van der Waals surface area contributed by atoms with Gasteiger partial charge < -0.3 is 19.2 Å². The zero-order chi connectivity index (χ0) is 23.6. The second kappa shape index (κ2) is 8.85. The van der Waals surface area contributed by atoms with Gasteiger partial charge >= 0.3 is 0 Å². The minimum Gasteiger partial charge on any atom is -0.481 e. The van der Waals surface area contributed by atoms with Gasteiger partial charge in [0, 0.05) is 11.6 Å². The van der Waals surface area contributed by atoms with E-state index < -0.39 is 22.5 Å². The third-order valence-electron chi connectivity index (χ3n) is 4.39. The standard InChI is InChI=1S/C18H17F2N7O5S/c1-30-16-15(32-8-5-19)17(31-2)25-18(24-16)26-33(28,29)12-9-21-13-10(12)3-4-11(20)14(13)27-22-6-7-23-27/h3-4,6-7,9,21H,5,8H2,1-2H3,(H,24,25,26). The average Bonchev–Trinajstić information content (AvgIpc) is 3.47. The molecule has 33 heavy (non-hydrogen) atoms. The molecule has 0 radical (unpaired) electrons. The summed E-state index contributed by atoms with van der Waals surface area (Å²) in [6.45, 7) is -1.08. The molecule has 0 saturated carbocycles. The molecule has 174 valence electrons. The van der Waals surface area contributed by atoms with Crippen LogP contribution in [0.1, 0.15) is 0 Å². The first-order valence-electron chi connectivity index (χ1n) is 9.27. The monoisotopic (exact) mass is 481 g/mol. The van der Waals surface area contributed by atoms with Crippen LogP contribution in [-0.2, 0) is 10.0 Å². The van der Waals surface area contributed by atoms with E-state index >= 15 is 0 Å². The molecule has 0 amide bonds. The van der Waals surface area contributed by atoms with Crippen LogP contribution in [-0.4, -0.2) is 65.9 Å². The summed E-state index contributed by atoms with van der Waals surface area (Å²) in [6.07, 6.45) is 3.91. The molecule has 0 bridgehead atoms. The van der Waals surface area contributed by atoms with Gasteiger partial charge in [0.05, 0.1) is 32.1 Å². The molecule has 3 heterocycles. The van der Waals surface area contributed by atoms with Gasteiger partial charge in [-0.3, -0.25) is 0 Å². The summed E-state index contributed by atoms with van der Waals surface area (Å²) in [5, 5.41) is 7.98. The Hall–Kier alpha value is -4.01. The zero-order valence-electron chi connectivity index (χ0n) is 17.2. The van der Waals surface area contributed by atoms with E-state index in [9.17, 15) is 17.2 Å². The normalized spacial score (nSPS) is 11.5. The predicted molar refractivity (Wildman–Crippen MR) is 111 cm³/mol. The van der Waals surface area contributed by atoms with Crippen molar-refractivity contribution in [1.29, 1.82) is 0 Å². The molecule has 0 atom stereocenters. The van der Waals surface area contributed by atoms with Crippen molar-refractivity contribution in [3.63, 3.8) is 0 Å². The largest absolute Gasteiger partial charge is 0.481 e. The number of alkyl halides is 1. The Kier molecular flexibility index (Phi) is 5.95. The number of aromatic amines is 1. The van der Waals surface area contributed by atoms with Crippen LogP contribution >= 0.6 is 0 Å².